The number of hydrogen-bond acceptors (Lipinski definition) is 4. The Balaban J connectivity index is 2.54. The molecule has 4 heteroatoms. The second kappa shape index (κ2) is 6.10. The summed E-state index contributed by atoms with van der Waals surface area (Å²) in [6.45, 7) is 4.58. The summed E-state index contributed by atoms with van der Waals surface area (Å²) in [5, 5.41) is 3.18. The van der Waals surface area contributed by atoms with Crippen LogP contribution in [0.3, 0.4) is 0 Å². The molecule has 1 heterocycles. The highest BCUT2D eigenvalue weighted by atomic mass is 16.5. The summed E-state index contributed by atoms with van der Waals surface area (Å²) >= 11 is 0. The third-order valence-corrected chi connectivity index (χ3v) is 2.50. The van der Waals surface area contributed by atoms with Crippen LogP contribution in [0.2, 0.25) is 0 Å². The number of rotatable bonds is 5. The summed E-state index contributed by atoms with van der Waals surface area (Å²) in [5.41, 5.74) is 0.914. The highest BCUT2D eigenvalue weighted by molar-refractivity contribution is 5.73. The first-order valence-electron chi connectivity index (χ1n) is 5.37. The van der Waals surface area contributed by atoms with Gasteiger partial charge in [0.2, 0.25) is 0 Å². The Kier molecular flexibility index (Phi) is 4.76. The topological polar surface area (TPSA) is 51.2 Å². The number of methoxy groups -OCH3 is 1. The van der Waals surface area contributed by atoms with Gasteiger partial charge in [0.1, 0.15) is 0 Å². The molecule has 0 saturated heterocycles. The molecule has 1 rings (SSSR count). The standard InChI is InChI=1S/C12H18N2O2/c1-9(2)11(12(15)16-3)8-14-10-5-4-6-13-7-10/h4-7,9,11,14H,8H2,1-3H3. The zero-order chi connectivity index (χ0) is 12.0. The van der Waals surface area contributed by atoms with Crippen LogP contribution in [-0.4, -0.2) is 24.6 Å². The Morgan fingerprint density at radius 3 is 2.81 bits per heavy atom. The van der Waals surface area contributed by atoms with Crippen LogP contribution in [0.5, 0.6) is 0 Å². The van der Waals surface area contributed by atoms with E-state index in [1.807, 2.05) is 26.0 Å². The molecule has 1 aromatic heterocycles. The highest BCUT2D eigenvalue weighted by Crippen LogP contribution is 2.14. The van der Waals surface area contributed by atoms with Crippen molar-refractivity contribution in [2.45, 2.75) is 13.8 Å². The molecule has 0 aliphatic rings. The van der Waals surface area contributed by atoms with Gasteiger partial charge in [0, 0.05) is 18.9 Å². The van der Waals surface area contributed by atoms with Crippen LogP contribution in [0, 0.1) is 11.8 Å². The maximum atomic E-state index is 11.5. The van der Waals surface area contributed by atoms with Gasteiger partial charge in [-0.25, -0.2) is 0 Å². The van der Waals surface area contributed by atoms with E-state index in [1.54, 1.807) is 12.4 Å². The molecule has 0 bridgehead atoms. The van der Waals surface area contributed by atoms with Crippen LogP contribution in [0.25, 0.3) is 0 Å². The minimum absolute atomic E-state index is 0.134. The average molecular weight is 222 g/mol. The van der Waals surface area contributed by atoms with Crippen molar-refractivity contribution in [2.75, 3.05) is 19.0 Å². The van der Waals surface area contributed by atoms with Gasteiger partial charge in [-0.1, -0.05) is 13.8 Å². The van der Waals surface area contributed by atoms with Gasteiger partial charge in [-0.2, -0.15) is 0 Å². The largest absolute Gasteiger partial charge is 0.469 e. The van der Waals surface area contributed by atoms with Gasteiger partial charge in [-0.3, -0.25) is 9.78 Å². The van der Waals surface area contributed by atoms with Crippen LogP contribution < -0.4 is 5.32 Å². The van der Waals surface area contributed by atoms with E-state index < -0.39 is 0 Å². The van der Waals surface area contributed by atoms with Gasteiger partial charge in [-0.15, -0.1) is 0 Å². The van der Waals surface area contributed by atoms with Gasteiger partial charge < -0.3 is 10.1 Å². The Bertz CT molecular complexity index is 325. The van der Waals surface area contributed by atoms with E-state index >= 15 is 0 Å². The molecule has 0 radical (unpaired) electrons. The third-order valence-electron chi connectivity index (χ3n) is 2.50. The number of aromatic nitrogens is 1. The van der Waals surface area contributed by atoms with Crippen molar-refractivity contribution < 1.29 is 9.53 Å². The van der Waals surface area contributed by atoms with Gasteiger partial charge in [0.25, 0.3) is 0 Å². The van der Waals surface area contributed by atoms with Crippen LogP contribution >= 0.6 is 0 Å². The van der Waals surface area contributed by atoms with Crippen molar-refractivity contribution in [1.82, 2.24) is 4.98 Å². The fraction of sp³-hybridized carbons (Fsp3) is 0.500. The first kappa shape index (κ1) is 12.5. The number of hydrogen-bond donors (Lipinski definition) is 1. The molecule has 0 spiro atoms. The molecule has 1 unspecified atom stereocenters. The van der Waals surface area contributed by atoms with E-state index in [0.717, 1.165) is 5.69 Å². The minimum Gasteiger partial charge on any atom is -0.469 e. The number of carbonyl (C=O) groups excluding carboxylic acids is 1. The van der Waals surface area contributed by atoms with Gasteiger partial charge >= 0.3 is 5.97 Å². The molecule has 1 atom stereocenters. The van der Waals surface area contributed by atoms with E-state index in [2.05, 4.69) is 10.3 Å². The molecule has 16 heavy (non-hydrogen) atoms. The Hall–Kier alpha value is -1.58. The number of pyridine rings is 1. The smallest absolute Gasteiger partial charge is 0.310 e. The SMILES string of the molecule is COC(=O)C(CNc1cccnc1)C(C)C. The van der Waals surface area contributed by atoms with E-state index in [9.17, 15) is 4.79 Å². The first-order chi connectivity index (χ1) is 7.65. The summed E-state index contributed by atoms with van der Waals surface area (Å²) in [6.07, 6.45) is 3.44. The Morgan fingerprint density at radius 2 is 2.31 bits per heavy atom. The molecule has 1 N–H and O–H groups in total. The zero-order valence-electron chi connectivity index (χ0n) is 9.93. The quantitative estimate of drug-likeness (QED) is 0.773. The molecule has 4 nitrogen and oxygen atoms in total. The normalized spacial score (nSPS) is 12.2. The molecular formula is C12H18N2O2. The minimum atomic E-state index is -0.175. The summed E-state index contributed by atoms with van der Waals surface area (Å²) in [5.74, 6) is -0.0618. The van der Waals surface area contributed by atoms with Crippen LogP contribution in [0.4, 0.5) is 5.69 Å². The molecule has 88 valence electrons. The second-order valence-electron chi connectivity index (χ2n) is 4.00. The van der Waals surface area contributed by atoms with Crippen molar-refractivity contribution in [2.24, 2.45) is 11.8 Å². The predicted molar refractivity (Wildman–Crippen MR) is 63.1 cm³/mol. The van der Waals surface area contributed by atoms with E-state index in [0.29, 0.717) is 6.54 Å². The average Bonchev–Trinajstić information content (AvgIpc) is 2.30. The number of ether oxygens (including phenoxy) is 1. The van der Waals surface area contributed by atoms with Crippen LogP contribution in [-0.2, 0) is 9.53 Å². The predicted octanol–water partition coefficient (Wildman–Crippen LogP) is 1.94. The first-order valence-corrected chi connectivity index (χ1v) is 5.37. The lowest BCUT2D eigenvalue weighted by molar-refractivity contribution is -0.146. The maximum Gasteiger partial charge on any atom is 0.310 e. The summed E-state index contributed by atoms with van der Waals surface area (Å²) in [6, 6.07) is 3.77. The lowest BCUT2D eigenvalue weighted by Crippen LogP contribution is -2.28. The molecule has 1 aromatic rings. The monoisotopic (exact) mass is 222 g/mol. The fourth-order valence-electron chi connectivity index (χ4n) is 1.44. The van der Waals surface area contributed by atoms with Crippen LogP contribution in [0.15, 0.2) is 24.5 Å². The van der Waals surface area contributed by atoms with Gasteiger partial charge in [0.05, 0.1) is 18.7 Å². The van der Waals surface area contributed by atoms with Crippen molar-refractivity contribution >= 4 is 11.7 Å². The molecule has 0 aromatic carbocycles. The lowest BCUT2D eigenvalue weighted by Gasteiger charge is -2.19. The zero-order valence-corrected chi connectivity index (χ0v) is 9.93. The molecule has 0 aliphatic heterocycles. The van der Waals surface area contributed by atoms with E-state index in [1.165, 1.54) is 7.11 Å². The number of esters is 1. The van der Waals surface area contributed by atoms with Gasteiger partial charge in [-0.05, 0) is 18.1 Å². The van der Waals surface area contributed by atoms with E-state index in [4.69, 9.17) is 4.74 Å². The van der Waals surface area contributed by atoms with Crippen molar-refractivity contribution in [3.8, 4) is 0 Å². The van der Waals surface area contributed by atoms with Crippen molar-refractivity contribution in [1.29, 1.82) is 0 Å². The van der Waals surface area contributed by atoms with E-state index in [-0.39, 0.29) is 17.8 Å². The summed E-state index contributed by atoms with van der Waals surface area (Å²) in [7, 11) is 1.42. The summed E-state index contributed by atoms with van der Waals surface area (Å²) in [4.78, 5) is 15.5. The van der Waals surface area contributed by atoms with Crippen molar-refractivity contribution in [3.05, 3.63) is 24.5 Å². The molecule has 0 aliphatic carbocycles. The van der Waals surface area contributed by atoms with Gasteiger partial charge in [0.15, 0.2) is 0 Å². The third kappa shape index (κ3) is 3.53. The van der Waals surface area contributed by atoms with Crippen LogP contribution in [0.1, 0.15) is 13.8 Å². The molecule has 0 saturated carbocycles. The lowest BCUT2D eigenvalue weighted by atomic mass is 9.96. The number of anilines is 1. The number of nitrogens with one attached hydrogen (secondary N) is 1. The number of carbonyl (C=O) groups is 1. The molecule has 0 amide bonds. The highest BCUT2D eigenvalue weighted by Gasteiger charge is 2.22. The maximum absolute atomic E-state index is 11.5. The molecular weight excluding hydrogens is 204 g/mol. The second-order valence-corrected chi connectivity index (χ2v) is 4.00. The fourth-order valence-corrected chi connectivity index (χ4v) is 1.44. The Morgan fingerprint density at radius 1 is 1.56 bits per heavy atom. The Labute approximate surface area is 96.0 Å². The number of nitrogens with zero attached hydrogens (tertiary/aromatic N) is 1. The molecule has 0 fully saturated rings. The summed E-state index contributed by atoms with van der Waals surface area (Å²) < 4.78 is 4.77. The van der Waals surface area contributed by atoms with Crippen molar-refractivity contribution in [3.63, 3.8) is 0 Å².